The number of thioether (sulfide) groups is 1. The molecule has 0 amide bonds. The first-order valence-electron chi connectivity index (χ1n) is 5.53. The average molecular weight is 309 g/mol. The van der Waals surface area contributed by atoms with Crippen LogP contribution >= 0.6 is 27.7 Å². The zero-order valence-electron chi connectivity index (χ0n) is 10.0. The van der Waals surface area contributed by atoms with Gasteiger partial charge in [0.25, 0.3) is 0 Å². The first kappa shape index (κ1) is 11.4. The largest absolute Gasteiger partial charge is 0.268 e. The van der Waals surface area contributed by atoms with E-state index in [2.05, 4.69) is 40.9 Å². The second kappa shape index (κ2) is 3.89. The minimum absolute atomic E-state index is 1.03. The molecule has 2 nitrogen and oxygen atoms in total. The molecule has 0 bridgehead atoms. The Morgan fingerprint density at radius 2 is 2.18 bits per heavy atom. The summed E-state index contributed by atoms with van der Waals surface area (Å²) in [5.41, 5.74) is 6.62. The number of rotatable bonds is 0. The van der Waals surface area contributed by atoms with E-state index in [-0.39, 0.29) is 0 Å². The Labute approximate surface area is 114 Å². The van der Waals surface area contributed by atoms with E-state index in [1.807, 2.05) is 29.7 Å². The van der Waals surface area contributed by atoms with E-state index in [1.165, 1.54) is 37.3 Å². The van der Waals surface area contributed by atoms with E-state index in [9.17, 15) is 0 Å². The van der Waals surface area contributed by atoms with Crippen molar-refractivity contribution >= 4 is 27.7 Å². The van der Waals surface area contributed by atoms with Gasteiger partial charge in [0.1, 0.15) is 0 Å². The van der Waals surface area contributed by atoms with Crippen molar-refractivity contribution < 1.29 is 0 Å². The van der Waals surface area contributed by atoms with E-state index >= 15 is 0 Å². The molecule has 2 heterocycles. The Kier molecular flexibility index (Phi) is 2.60. The highest BCUT2D eigenvalue weighted by Crippen LogP contribution is 2.46. The number of fused-ring (bicyclic) bond motifs is 3. The van der Waals surface area contributed by atoms with Crippen LogP contribution in [0.2, 0.25) is 0 Å². The third kappa shape index (κ3) is 1.58. The van der Waals surface area contributed by atoms with E-state index in [1.54, 1.807) is 0 Å². The van der Waals surface area contributed by atoms with Crippen LogP contribution in [0.15, 0.2) is 21.6 Å². The minimum atomic E-state index is 1.03. The van der Waals surface area contributed by atoms with Crippen LogP contribution in [0.5, 0.6) is 0 Å². The zero-order chi connectivity index (χ0) is 12.2. The summed E-state index contributed by atoms with van der Waals surface area (Å²) in [7, 11) is 2.02. The summed E-state index contributed by atoms with van der Waals surface area (Å²) in [6, 6.07) is 2.21. The average Bonchev–Trinajstić information content (AvgIpc) is 2.68. The lowest BCUT2D eigenvalue weighted by Gasteiger charge is -2.22. The van der Waals surface area contributed by atoms with Crippen molar-refractivity contribution in [3.8, 4) is 11.3 Å². The van der Waals surface area contributed by atoms with Gasteiger partial charge in [0.05, 0.1) is 11.9 Å². The fraction of sp³-hybridized carbons (Fsp3) is 0.308. The number of nitrogens with zero attached hydrogens (tertiary/aromatic N) is 2. The number of hydrogen-bond acceptors (Lipinski definition) is 2. The first-order valence-corrected chi connectivity index (χ1v) is 7.31. The fourth-order valence-corrected chi connectivity index (χ4v) is 4.12. The van der Waals surface area contributed by atoms with Crippen LogP contribution in [0, 0.1) is 13.8 Å². The summed E-state index contributed by atoms with van der Waals surface area (Å²) < 4.78 is 3.18. The van der Waals surface area contributed by atoms with Gasteiger partial charge in [-0.1, -0.05) is 15.9 Å². The van der Waals surface area contributed by atoms with E-state index < -0.39 is 0 Å². The van der Waals surface area contributed by atoms with Gasteiger partial charge in [-0.25, -0.2) is 0 Å². The molecule has 0 aliphatic carbocycles. The van der Waals surface area contributed by atoms with Crippen molar-refractivity contribution in [3.63, 3.8) is 0 Å². The summed E-state index contributed by atoms with van der Waals surface area (Å²) in [4.78, 5) is 1.40. The van der Waals surface area contributed by atoms with Gasteiger partial charge in [0.2, 0.25) is 0 Å². The number of halogens is 1. The monoisotopic (exact) mass is 308 g/mol. The molecule has 2 aromatic rings. The van der Waals surface area contributed by atoms with Crippen molar-refractivity contribution in [2.24, 2.45) is 7.05 Å². The van der Waals surface area contributed by atoms with Crippen molar-refractivity contribution in [3.05, 3.63) is 33.4 Å². The van der Waals surface area contributed by atoms with Crippen LogP contribution in [0.25, 0.3) is 11.3 Å². The Hall–Kier alpha value is -0.740. The molecule has 0 saturated carbocycles. The van der Waals surface area contributed by atoms with Crippen molar-refractivity contribution in [1.29, 1.82) is 0 Å². The number of hydrogen-bond donors (Lipinski definition) is 0. The second-order valence-corrected chi connectivity index (χ2v) is 6.28. The van der Waals surface area contributed by atoms with Crippen LogP contribution in [0.1, 0.15) is 16.7 Å². The van der Waals surface area contributed by atoms with Gasteiger partial charge in [-0.15, -0.1) is 11.8 Å². The molecule has 0 fully saturated rings. The summed E-state index contributed by atoms with van der Waals surface area (Å²) in [6.07, 6.45) is 1.99. The molecule has 1 aromatic heterocycles. The van der Waals surface area contributed by atoms with Gasteiger partial charge in [-0.2, -0.15) is 5.10 Å². The molecule has 17 heavy (non-hydrogen) atoms. The Balaban J connectivity index is 2.41. The normalized spacial score (nSPS) is 13.4. The third-order valence-electron chi connectivity index (χ3n) is 3.29. The quantitative estimate of drug-likeness (QED) is 0.730. The number of aromatic nitrogens is 2. The van der Waals surface area contributed by atoms with Gasteiger partial charge in [0.15, 0.2) is 0 Å². The van der Waals surface area contributed by atoms with Gasteiger partial charge >= 0.3 is 0 Å². The highest BCUT2D eigenvalue weighted by atomic mass is 79.9. The van der Waals surface area contributed by atoms with Gasteiger partial charge < -0.3 is 0 Å². The van der Waals surface area contributed by atoms with E-state index in [0.29, 0.717) is 0 Å². The Morgan fingerprint density at radius 3 is 2.94 bits per heavy atom. The standard InChI is InChI=1S/C13H13BrN2S/c1-7-4-10(14)8(2)11-12-9(5-15-16(12)3)6-17-13(7)11/h4-5H,6H2,1-3H3. The summed E-state index contributed by atoms with van der Waals surface area (Å²) in [5, 5.41) is 4.39. The van der Waals surface area contributed by atoms with E-state index in [0.717, 1.165) is 5.75 Å². The highest BCUT2D eigenvalue weighted by molar-refractivity contribution is 9.10. The molecule has 1 aliphatic rings. The molecule has 0 unspecified atom stereocenters. The lowest BCUT2D eigenvalue weighted by atomic mass is 10.00. The van der Waals surface area contributed by atoms with Gasteiger partial charge in [0, 0.05) is 33.3 Å². The summed E-state index contributed by atoms with van der Waals surface area (Å²) >= 11 is 5.57. The first-order chi connectivity index (χ1) is 8.09. The molecule has 0 N–H and O–H groups in total. The maximum atomic E-state index is 4.39. The second-order valence-electron chi connectivity index (χ2n) is 4.44. The van der Waals surface area contributed by atoms with Crippen LogP contribution < -0.4 is 0 Å². The summed E-state index contributed by atoms with van der Waals surface area (Å²) in [5.74, 6) is 1.03. The Bertz CT molecular complexity index is 616. The maximum Gasteiger partial charge on any atom is 0.0733 e. The summed E-state index contributed by atoms with van der Waals surface area (Å²) in [6.45, 7) is 4.35. The molecule has 0 spiro atoms. The SMILES string of the molecule is Cc1cc(Br)c(C)c2c1SCc1cnn(C)c1-2. The molecule has 88 valence electrons. The van der Waals surface area contributed by atoms with Crippen LogP contribution in [-0.4, -0.2) is 9.78 Å². The molecular weight excluding hydrogens is 296 g/mol. The molecule has 1 aliphatic heterocycles. The molecule has 4 heteroatoms. The topological polar surface area (TPSA) is 17.8 Å². The maximum absolute atomic E-state index is 4.39. The molecule has 3 rings (SSSR count). The molecule has 0 radical (unpaired) electrons. The van der Waals surface area contributed by atoms with Gasteiger partial charge in [-0.3, -0.25) is 4.68 Å². The molecule has 0 saturated heterocycles. The number of aryl methyl sites for hydroxylation is 2. The zero-order valence-corrected chi connectivity index (χ0v) is 12.4. The van der Waals surface area contributed by atoms with Crippen molar-refractivity contribution in [1.82, 2.24) is 9.78 Å². The lowest BCUT2D eigenvalue weighted by molar-refractivity contribution is 0.773. The fourth-order valence-electron chi connectivity index (χ4n) is 2.38. The van der Waals surface area contributed by atoms with Gasteiger partial charge in [-0.05, 0) is 31.0 Å². The minimum Gasteiger partial charge on any atom is -0.268 e. The van der Waals surface area contributed by atoms with E-state index in [4.69, 9.17) is 0 Å². The third-order valence-corrected chi connectivity index (χ3v) is 5.38. The van der Waals surface area contributed by atoms with Crippen molar-refractivity contribution in [2.45, 2.75) is 24.5 Å². The highest BCUT2D eigenvalue weighted by Gasteiger charge is 2.24. The molecule has 1 aromatic carbocycles. The van der Waals surface area contributed by atoms with Crippen molar-refractivity contribution in [2.75, 3.05) is 0 Å². The van der Waals surface area contributed by atoms with Crippen LogP contribution in [-0.2, 0) is 12.8 Å². The smallest absolute Gasteiger partial charge is 0.0733 e. The molecule has 0 atom stereocenters. The Morgan fingerprint density at radius 1 is 1.41 bits per heavy atom. The van der Waals surface area contributed by atoms with Crippen LogP contribution in [0.4, 0.5) is 0 Å². The predicted octanol–water partition coefficient (Wildman–Crippen LogP) is 4.07. The lowest BCUT2D eigenvalue weighted by Crippen LogP contribution is -2.04. The number of benzene rings is 1. The van der Waals surface area contributed by atoms with Crippen LogP contribution in [0.3, 0.4) is 0 Å². The molecular formula is C13H13BrN2S. The predicted molar refractivity (Wildman–Crippen MR) is 75.4 cm³/mol.